The van der Waals surface area contributed by atoms with Gasteiger partial charge in [0.1, 0.15) is 0 Å². The van der Waals surface area contributed by atoms with Crippen LogP contribution in [0.3, 0.4) is 0 Å². The summed E-state index contributed by atoms with van der Waals surface area (Å²) >= 11 is 0. The van der Waals surface area contributed by atoms with Gasteiger partial charge in [0.25, 0.3) is 0 Å². The molecule has 0 aromatic heterocycles. The van der Waals surface area contributed by atoms with Crippen molar-refractivity contribution in [1.29, 1.82) is 0 Å². The zero-order chi connectivity index (χ0) is 12.8. The standard InChI is InChI=1S/C13H26N2O2/c1-3-6-15(7-8-16)13(17)12-5-4-11(14)9-10(12)2/h10-12,16H,3-9,14H2,1-2H3. The molecule has 0 aromatic rings. The van der Waals surface area contributed by atoms with E-state index >= 15 is 0 Å². The van der Waals surface area contributed by atoms with Crippen LogP contribution < -0.4 is 5.73 Å². The molecule has 1 saturated carbocycles. The first-order valence-electron chi connectivity index (χ1n) is 6.75. The average molecular weight is 242 g/mol. The van der Waals surface area contributed by atoms with Crippen molar-refractivity contribution in [2.24, 2.45) is 17.6 Å². The summed E-state index contributed by atoms with van der Waals surface area (Å²) < 4.78 is 0. The maximum absolute atomic E-state index is 12.4. The molecule has 0 aromatic carbocycles. The topological polar surface area (TPSA) is 66.6 Å². The van der Waals surface area contributed by atoms with Crippen molar-refractivity contribution in [3.8, 4) is 0 Å². The number of rotatable bonds is 5. The summed E-state index contributed by atoms with van der Waals surface area (Å²) in [4.78, 5) is 14.2. The van der Waals surface area contributed by atoms with Gasteiger partial charge in [-0.15, -0.1) is 0 Å². The van der Waals surface area contributed by atoms with E-state index in [1.54, 1.807) is 4.90 Å². The number of aliphatic hydroxyl groups excluding tert-OH is 1. The lowest BCUT2D eigenvalue weighted by atomic mass is 9.77. The van der Waals surface area contributed by atoms with E-state index in [2.05, 4.69) is 13.8 Å². The lowest BCUT2D eigenvalue weighted by Gasteiger charge is -2.35. The second kappa shape index (κ2) is 6.97. The maximum Gasteiger partial charge on any atom is 0.226 e. The quantitative estimate of drug-likeness (QED) is 0.755. The Morgan fingerprint density at radius 2 is 2.12 bits per heavy atom. The summed E-state index contributed by atoms with van der Waals surface area (Å²) in [5, 5.41) is 9.00. The van der Waals surface area contributed by atoms with Gasteiger partial charge in [-0.3, -0.25) is 4.79 Å². The van der Waals surface area contributed by atoms with Gasteiger partial charge in [0.2, 0.25) is 5.91 Å². The van der Waals surface area contributed by atoms with Crippen LogP contribution in [0, 0.1) is 11.8 Å². The zero-order valence-corrected chi connectivity index (χ0v) is 11.1. The monoisotopic (exact) mass is 242 g/mol. The van der Waals surface area contributed by atoms with Crippen molar-refractivity contribution < 1.29 is 9.90 Å². The van der Waals surface area contributed by atoms with Gasteiger partial charge in [0.05, 0.1) is 6.61 Å². The molecule has 100 valence electrons. The van der Waals surface area contributed by atoms with Gasteiger partial charge in [0.15, 0.2) is 0 Å². The van der Waals surface area contributed by atoms with Crippen molar-refractivity contribution in [3.05, 3.63) is 0 Å². The number of nitrogens with two attached hydrogens (primary N) is 1. The first-order valence-corrected chi connectivity index (χ1v) is 6.75. The Morgan fingerprint density at radius 1 is 1.41 bits per heavy atom. The van der Waals surface area contributed by atoms with Crippen LogP contribution in [0.1, 0.15) is 39.5 Å². The molecule has 0 spiro atoms. The summed E-state index contributed by atoms with van der Waals surface area (Å²) in [6.07, 6.45) is 3.72. The van der Waals surface area contributed by atoms with Crippen molar-refractivity contribution in [1.82, 2.24) is 4.90 Å². The van der Waals surface area contributed by atoms with Crippen LogP contribution in [0.15, 0.2) is 0 Å². The Labute approximate surface area is 104 Å². The molecule has 4 heteroatoms. The first-order chi connectivity index (χ1) is 8.10. The molecule has 17 heavy (non-hydrogen) atoms. The van der Waals surface area contributed by atoms with Crippen molar-refractivity contribution in [3.63, 3.8) is 0 Å². The number of carbonyl (C=O) groups is 1. The Kier molecular flexibility index (Phi) is 5.92. The summed E-state index contributed by atoms with van der Waals surface area (Å²) in [6, 6.07) is 0.256. The highest BCUT2D eigenvalue weighted by Crippen LogP contribution is 2.30. The Morgan fingerprint density at radius 3 is 2.65 bits per heavy atom. The van der Waals surface area contributed by atoms with Gasteiger partial charge in [-0.1, -0.05) is 13.8 Å². The highest BCUT2D eigenvalue weighted by Gasteiger charge is 2.33. The third-order valence-electron chi connectivity index (χ3n) is 3.70. The van der Waals surface area contributed by atoms with Crippen molar-refractivity contribution >= 4 is 5.91 Å². The van der Waals surface area contributed by atoms with Crippen LogP contribution in [-0.2, 0) is 4.79 Å². The summed E-state index contributed by atoms with van der Waals surface area (Å²) in [5.41, 5.74) is 5.92. The number of aliphatic hydroxyl groups is 1. The van der Waals surface area contributed by atoms with Gasteiger partial charge in [0, 0.05) is 25.0 Å². The summed E-state index contributed by atoms with van der Waals surface area (Å²) in [7, 11) is 0. The van der Waals surface area contributed by atoms with Crippen LogP contribution in [0.2, 0.25) is 0 Å². The molecule has 0 saturated heterocycles. The molecule has 3 N–H and O–H groups in total. The number of carbonyl (C=O) groups excluding carboxylic acids is 1. The first kappa shape index (κ1) is 14.5. The Balaban J connectivity index is 2.59. The van der Waals surface area contributed by atoms with Crippen LogP contribution in [-0.4, -0.2) is 41.7 Å². The molecular formula is C13H26N2O2. The molecule has 0 heterocycles. The molecule has 1 rings (SSSR count). The minimum atomic E-state index is 0.0480. The Hall–Kier alpha value is -0.610. The zero-order valence-electron chi connectivity index (χ0n) is 11.1. The minimum absolute atomic E-state index is 0.0480. The lowest BCUT2D eigenvalue weighted by Crippen LogP contribution is -2.44. The molecular weight excluding hydrogens is 216 g/mol. The van der Waals surface area contributed by atoms with Crippen LogP contribution >= 0.6 is 0 Å². The fraction of sp³-hybridized carbons (Fsp3) is 0.923. The van der Waals surface area contributed by atoms with E-state index in [0.29, 0.717) is 12.5 Å². The third-order valence-corrected chi connectivity index (χ3v) is 3.70. The molecule has 0 aliphatic heterocycles. The maximum atomic E-state index is 12.4. The highest BCUT2D eigenvalue weighted by molar-refractivity contribution is 5.79. The molecule has 1 aliphatic carbocycles. The largest absolute Gasteiger partial charge is 0.395 e. The third kappa shape index (κ3) is 3.96. The van der Waals surface area contributed by atoms with E-state index in [9.17, 15) is 4.79 Å². The Bertz CT molecular complexity index is 240. The molecule has 3 unspecified atom stereocenters. The van der Waals surface area contributed by atoms with Crippen LogP contribution in [0.25, 0.3) is 0 Å². The van der Waals surface area contributed by atoms with Gasteiger partial charge in [-0.25, -0.2) is 0 Å². The van der Waals surface area contributed by atoms with Gasteiger partial charge >= 0.3 is 0 Å². The fourth-order valence-electron chi connectivity index (χ4n) is 2.76. The summed E-state index contributed by atoms with van der Waals surface area (Å²) in [6.45, 7) is 5.42. The van der Waals surface area contributed by atoms with E-state index in [1.807, 2.05) is 0 Å². The van der Waals surface area contributed by atoms with Crippen molar-refractivity contribution in [2.45, 2.75) is 45.6 Å². The highest BCUT2D eigenvalue weighted by atomic mass is 16.3. The van der Waals surface area contributed by atoms with Crippen LogP contribution in [0.4, 0.5) is 0 Å². The molecule has 1 amide bonds. The van der Waals surface area contributed by atoms with E-state index in [4.69, 9.17) is 10.8 Å². The molecule has 1 aliphatic rings. The van der Waals surface area contributed by atoms with Crippen LogP contribution in [0.5, 0.6) is 0 Å². The van der Waals surface area contributed by atoms with Gasteiger partial charge in [-0.05, 0) is 31.6 Å². The minimum Gasteiger partial charge on any atom is -0.395 e. The van der Waals surface area contributed by atoms with E-state index < -0.39 is 0 Å². The van der Waals surface area contributed by atoms with E-state index in [-0.39, 0.29) is 24.5 Å². The predicted octanol–water partition coefficient (Wildman–Crippen LogP) is 0.981. The SMILES string of the molecule is CCCN(CCO)C(=O)C1CCC(N)CC1C. The summed E-state index contributed by atoms with van der Waals surface area (Å²) in [5.74, 6) is 0.678. The average Bonchev–Trinajstić information content (AvgIpc) is 2.28. The molecule has 0 radical (unpaired) electrons. The lowest BCUT2D eigenvalue weighted by molar-refractivity contribution is -0.139. The molecule has 3 atom stereocenters. The van der Waals surface area contributed by atoms with E-state index in [1.165, 1.54) is 0 Å². The number of hydrogen-bond acceptors (Lipinski definition) is 3. The van der Waals surface area contributed by atoms with E-state index in [0.717, 1.165) is 32.2 Å². The fourth-order valence-corrected chi connectivity index (χ4v) is 2.76. The smallest absolute Gasteiger partial charge is 0.226 e. The number of amides is 1. The second-order valence-corrected chi connectivity index (χ2v) is 5.21. The number of nitrogens with zero attached hydrogens (tertiary/aromatic N) is 1. The molecule has 4 nitrogen and oxygen atoms in total. The predicted molar refractivity (Wildman–Crippen MR) is 68.4 cm³/mol. The van der Waals surface area contributed by atoms with Gasteiger partial charge in [-0.2, -0.15) is 0 Å². The normalized spacial score (nSPS) is 29.1. The second-order valence-electron chi connectivity index (χ2n) is 5.21. The molecule has 0 bridgehead atoms. The molecule has 1 fully saturated rings. The van der Waals surface area contributed by atoms with Gasteiger partial charge < -0.3 is 15.7 Å². The van der Waals surface area contributed by atoms with Crippen molar-refractivity contribution in [2.75, 3.05) is 19.7 Å². The number of hydrogen-bond donors (Lipinski definition) is 2.